The first-order chi connectivity index (χ1) is 14.8. The summed E-state index contributed by atoms with van der Waals surface area (Å²) in [6.07, 6.45) is 6.07. The number of nitrogens with zero attached hydrogens (tertiary/aromatic N) is 3. The summed E-state index contributed by atoms with van der Waals surface area (Å²) in [7, 11) is 0. The summed E-state index contributed by atoms with van der Waals surface area (Å²) < 4.78 is 2.18. The van der Waals surface area contributed by atoms with Crippen LogP contribution in [-0.2, 0) is 10.2 Å². The minimum absolute atomic E-state index is 0.0873. The van der Waals surface area contributed by atoms with Gasteiger partial charge >= 0.3 is 6.03 Å². The number of hydrogen-bond donors (Lipinski definition) is 2. The average molecular weight is 442 g/mol. The van der Waals surface area contributed by atoms with E-state index in [2.05, 4.69) is 77.0 Å². The molecule has 7 nitrogen and oxygen atoms in total. The number of thioether (sulfide) groups is 1. The van der Waals surface area contributed by atoms with Crippen LogP contribution in [-0.4, -0.2) is 39.0 Å². The van der Waals surface area contributed by atoms with Crippen molar-refractivity contribution in [3.8, 4) is 11.4 Å². The van der Waals surface area contributed by atoms with Crippen molar-refractivity contribution in [2.75, 3.05) is 12.3 Å². The van der Waals surface area contributed by atoms with Gasteiger partial charge in [0.15, 0.2) is 11.0 Å². The smallest absolute Gasteiger partial charge is 0.321 e. The molecule has 0 atom stereocenters. The lowest BCUT2D eigenvalue weighted by atomic mass is 9.86. The Hall–Kier alpha value is -2.61. The highest BCUT2D eigenvalue weighted by molar-refractivity contribution is 7.99. The first-order valence-electron chi connectivity index (χ1n) is 10.7. The van der Waals surface area contributed by atoms with Gasteiger partial charge in [-0.25, -0.2) is 4.79 Å². The van der Waals surface area contributed by atoms with E-state index in [0.717, 1.165) is 24.2 Å². The number of carbonyl (C=O) groups excluding carboxylic acids is 2. The van der Waals surface area contributed by atoms with Gasteiger partial charge in [0.2, 0.25) is 5.91 Å². The molecule has 0 unspecified atom stereocenters. The summed E-state index contributed by atoms with van der Waals surface area (Å²) in [4.78, 5) is 23.8. The van der Waals surface area contributed by atoms with E-state index in [1.165, 1.54) is 30.2 Å². The van der Waals surface area contributed by atoms with Crippen molar-refractivity contribution in [1.29, 1.82) is 0 Å². The maximum atomic E-state index is 12.2. The van der Waals surface area contributed by atoms with Crippen LogP contribution in [0.4, 0.5) is 4.79 Å². The van der Waals surface area contributed by atoms with Gasteiger partial charge in [-0.1, -0.05) is 75.7 Å². The second-order valence-electron chi connectivity index (χ2n) is 8.78. The second kappa shape index (κ2) is 10.1. The van der Waals surface area contributed by atoms with Crippen molar-refractivity contribution in [2.24, 2.45) is 0 Å². The third-order valence-corrected chi connectivity index (χ3v) is 6.30. The third kappa shape index (κ3) is 5.97. The number of amides is 3. The molecule has 0 saturated heterocycles. The summed E-state index contributed by atoms with van der Waals surface area (Å²) in [5, 5.41) is 14.4. The van der Waals surface area contributed by atoms with E-state index in [1.54, 1.807) is 6.08 Å². The average Bonchev–Trinajstić information content (AvgIpc) is 3.39. The molecule has 2 N–H and O–H groups in total. The van der Waals surface area contributed by atoms with Crippen LogP contribution in [0.2, 0.25) is 0 Å². The molecule has 1 heterocycles. The van der Waals surface area contributed by atoms with E-state index < -0.39 is 6.03 Å². The number of aromatic nitrogens is 3. The van der Waals surface area contributed by atoms with Gasteiger partial charge < -0.3 is 5.32 Å². The Labute approximate surface area is 188 Å². The summed E-state index contributed by atoms with van der Waals surface area (Å²) in [6.45, 7) is 10.4. The van der Waals surface area contributed by atoms with Gasteiger partial charge in [-0.3, -0.25) is 14.7 Å². The molecule has 8 heteroatoms. The summed E-state index contributed by atoms with van der Waals surface area (Å²) in [6, 6.07) is 8.29. The van der Waals surface area contributed by atoms with E-state index >= 15 is 0 Å². The standard InChI is InChI=1S/C23H31N5O2S/c1-5-14-24-21(30)25-19(29)15-31-22-27-26-20(28(22)18-8-6-7-9-18)16-10-12-17(13-11-16)23(2,3)4/h5,10-13,18H,1,6-9,14-15H2,2-4H3,(H2,24,25,29,30). The Kier molecular flexibility index (Phi) is 7.54. The quantitative estimate of drug-likeness (QED) is 0.489. The zero-order valence-electron chi connectivity index (χ0n) is 18.5. The molecule has 3 amide bonds. The predicted octanol–water partition coefficient (Wildman–Crippen LogP) is 4.46. The van der Waals surface area contributed by atoms with E-state index in [0.29, 0.717) is 17.7 Å². The SMILES string of the molecule is C=CCNC(=O)NC(=O)CSc1nnc(-c2ccc(C(C)(C)C)cc2)n1C1CCCC1. The highest BCUT2D eigenvalue weighted by atomic mass is 32.2. The van der Waals surface area contributed by atoms with E-state index in [9.17, 15) is 9.59 Å². The number of hydrogen-bond acceptors (Lipinski definition) is 5. The molecule has 1 aliphatic rings. The number of carbonyl (C=O) groups is 2. The molecule has 0 bridgehead atoms. The molecule has 31 heavy (non-hydrogen) atoms. The first-order valence-corrected chi connectivity index (χ1v) is 11.7. The van der Waals surface area contributed by atoms with Gasteiger partial charge in [0, 0.05) is 18.2 Å². The van der Waals surface area contributed by atoms with Crippen LogP contribution in [0.5, 0.6) is 0 Å². The van der Waals surface area contributed by atoms with Crippen molar-refractivity contribution in [3.05, 3.63) is 42.5 Å². The molecule has 166 valence electrons. The monoisotopic (exact) mass is 441 g/mol. The van der Waals surface area contributed by atoms with Gasteiger partial charge in [-0.05, 0) is 23.8 Å². The normalized spacial score (nSPS) is 14.4. The van der Waals surface area contributed by atoms with Crippen molar-refractivity contribution < 1.29 is 9.59 Å². The van der Waals surface area contributed by atoms with Crippen LogP contribution in [0.1, 0.15) is 58.1 Å². The van der Waals surface area contributed by atoms with E-state index in [1.807, 2.05) is 0 Å². The second-order valence-corrected chi connectivity index (χ2v) is 9.72. The van der Waals surface area contributed by atoms with Crippen molar-refractivity contribution in [3.63, 3.8) is 0 Å². The van der Waals surface area contributed by atoms with E-state index in [-0.39, 0.29) is 17.1 Å². The lowest BCUT2D eigenvalue weighted by molar-refractivity contribution is -0.117. The van der Waals surface area contributed by atoms with Crippen LogP contribution < -0.4 is 10.6 Å². The minimum atomic E-state index is -0.526. The number of urea groups is 1. The lowest BCUT2D eigenvalue weighted by Crippen LogP contribution is -2.40. The number of benzene rings is 1. The topological polar surface area (TPSA) is 88.9 Å². The Bertz CT molecular complexity index is 924. The van der Waals surface area contributed by atoms with Gasteiger partial charge in [-0.15, -0.1) is 16.8 Å². The van der Waals surface area contributed by atoms with Gasteiger partial charge in [0.25, 0.3) is 0 Å². The van der Waals surface area contributed by atoms with Crippen LogP contribution in [0.25, 0.3) is 11.4 Å². The Morgan fingerprint density at radius 1 is 1.19 bits per heavy atom. The molecular formula is C23H31N5O2S. The van der Waals surface area contributed by atoms with Crippen LogP contribution in [0.3, 0.4) is 0 Å². The fraction of sp³-hybridized carbons (Fsp3) is 0.478. The van der Waals surface area contributed by atoms with E-state index in [4.69, 9.17) is 0 Å². The van der Waals surface area contributed by atoms with Crippen LogP contribution >= 0.6 is 11.8 Å². The molecule has 1 aliphatic carbocycles. The number of nitrogens with one attached hydrogen (secondary N) is 2. The first kappa shape index (κ1) is 23.1. The molecule has 3 rings (SSSR count). The lowest BCUT2D eigenvalue weighted by Gasteiger charge is -2.20. The highest BCUT2D eigenvalue weighted by Gasteiger charge is 2.25. The fourth-order valence-electron chi connectivity index (χ4n) is 3.69. The van der Waals surface area contributed by atoms with Crippen LogP contribution in [0.15, 0.2) is 42.1 Å². The summed E-state index contributed by atoms with van der Waals surface area (Å²) >= 11 is 1.31. The molecule has 1 fully saturated rings. The van der Waals surface area contributed by atoms with Crippen molar-refractivity contribution >= 4 is 23.7 Å². The Balaban J connectivity index is 1.77. The molecule has 1 saturated carbocycles. The third-order valence-electron chi connectivity index (χ3n) is 5.36. The van der Waals surface area contributed by atoms with Gasteiger partial charge in [0.05, 0.1) is 5.75 Å². The summed E-state index contributed by atoms with van der Waals surface area (Å²) in [5.74, 6) is 0.553. The molecule has 0 radical (unpaired) electrons. The largest absolute Gasteiger partial charge is 0.334 e. The summed E-state index contributed by atoms with van der Waals surface area (Å²) in [5.41, 5.74) is 2.38. The van der Waals surface area contributed by atoms with Crippen molar-refractivity contribution in [1.82, 2.24) is 25.4 Å². The number of rotatable bonds is 7. The van der Waals surface area contributed by atoms with Gasteiger partial charge in [0.1, 0.15) is 0 Å². The van der Waals surface area contributed by atoms with Crippen LogP contribution in [0, 0.1) is 0 Å². The zero-order chi connectivity index (χ0) is 22.4. The highest BCUT2D eigenvalue weighted by Crippen LogP contribution is 2.37. The Morgan fingerprint density at radius 3 is 2.48 bits per heavy atom. The predicted molar refractivity (Wildman–Crippen MR) is 124 cm³/mol. The maximum absolute atomic E-state index is 12.2. The molecule has 0 spiro atoms. The zero-order valence-corrected chi connectivity index (χ0v) is 19.3. The van der Waals surface area contributed by atoms with Gasteiger partial charge in [-0.2, -0.15) is 0 Å². The maximum Gasteiger partial charge on any atom is 0.321 e. The number of imide groups is 1. The molecular weight excluding hydrogens is 410 g/mol. The van der Waals surface area contributed by atoms with Crippen molar-refractivity contribution in [2.45, 2.75) is 63.1 Å². The molecule has 0 aliphatic heterocycles. The fourth-order valence-corrected chi connectivity index (χ4v) is 4.49. The minimum Gasteiger partial charge on any atom is -0.334 e. The molecule has 2 aromatic rings. The Morgan fingerprint density at radius 2 is 1.87 bits per heavy atom. The molecule has 1 aromatic carbocycles. The molecule has 1 aromatic heterocycles.